The molecule has 156 valence electrons. The number of hydrogen-bond acceptors (Lipinski definition) is 5. The lowest BCUT2D eigenvalue weighted by molar-refractivity contribution is -0.0301. The summed E-state index contributed by atoms with van der Waals surface area (Å²) < 4.78 is 12.0. The summed E-state index contributed by atoms with van der Waals surface area (Å²) in [6.07, 6.45) is 8.52. The van der Waals surface area contributed by atoms with Crippen molar-refractivity contribution in [1.82, 2.24) is 14.9 Å². The Kier molecular flexibility index (Phi) is 6.52. The SMILES string of the molecule is Cc1nc(Br)cnc1OCCCC1CC2(CCN(C(=O)OC(C)(C)C)CC2)C1. The van der Waals surface area contributed by atoms with E-state index in [1.165, 1.54) is 19.3 Å². The van der Waals surface area contributed by atoms with E-state index < -0.39 is 5.60 Å². The number of rotatable bonds is 5. The van der Waals surface area contributed by atoms with Gasteiger partial charge in [0.15, 0.2) is 0 Å². The zero-order valence-corrected chi connectivity index (χ0v) is 19.0. The number of hydrogen-bond donors (Lipinski definition) is 0. The van der Waals surface area contributed by atoms with Crippen LogP contribution in [-0.4, -0.2) is 46.3 Å². The van der Waals surface area contributed by atoms with Gasteiger partial charge in [0.1, 0.15) is 15.9 Å². The van der Waals surface area contributed by atoms with Gasteiger partial charge in [0.2, 0.25) is 5.88 Å². The minimum atomic E-state index is -0.420. The van der Waals surface area contributed by atoms with Crippen molar-refractivity contribution in [2.24, 2.45) is 11.3 Å². The van der Waals surface area contributed by atoms with Crippen molar-refractivity contribution in [1.29, 1.82) is 0 Å². The van der Waals surface area contributed by atoms with E-state index >= 15 is 0 Å². The summed E-state index contributed by atoms with van der Waals surface area (Å²) in [7, 11) is 0. The first-order valence-electron chi connectivity index (χ1n) is 10.3. The number of amides is 1. The molecule has 0 radical (unpaired) electrons. The molecule has 0 bridgehead atoms. The predicted molar refractivity (Wildman–Crippen MR) is 111 cm³/mol. The van der Waals surface area contributed by atoms with E-state index in [1.807, 2.05) is 32.6 Å². The molecule has 28 heavy (non-hydrogen) atoms. The van der Waals surface area contributed by atoms with Gasteiger partial charge in [-0.25, -0.2) is 14.8 Å². The van der Waals surface area contributed by atoms with Crippen molar-refractivity contribution in [2.75, 3.05) is 19.7 Å². The van der Waals surface area contributed by atoms with Crippen LogP contribution in [0.4, 0.5) is 4.79 Å². The van der Waals surface area contributed by atoms with E-state index in [0.717, 1.165) is 48.6 Å². The lowest BCUT2D eigenvalue weighted by Crippen LogP contribution is -2.49. The van der Waals surface area contributed by atoms with E-state index in [9.17, 15) is 4.79 Å². The van der Waals surface area contributed by atoms with Gasteiger partial charge in [-0.15, -0.1) is 0 Å². The number of halogens is 1. The zero-order chi connectivity index (χ0) is 20.4. The van der Waals surface area contributed by atoms with Gasteiger partial charge in [0, 0.05) is 13.1 Å². The van der Waals surface area contributed by atoms with E-state index in [-0.39, 0.29) is 6.09 Å². The number of nitrogens with zero attached hydrogens (tertiary/aromatic N) is 3. The second-order valence-corrected chi connectivity index (χ2v) is 10.1. The molecule has 2 aliphatic rings. The summed E-state index contributed by atoms with van der Waals surface area (Å²) in [5.41, 5.74) is 0.849. The molecular weight excluding hydrogens is 422 g/mol. The van der Waals surface area contributed by atoms with Crippen molar-refractivity contribution in [2.45, 2.75) is 71.8 Å². The fourth-order valence-corrected chi connectivity index (χ4v) is 4.76. The molecule has 1 aromatic heterocycles. The predicted octanol–water partition coefficient (Wildman–Crippen LogP) is 5.13. The Morgan fingerprint density at radius 2 is 2.00 bits per heavy atom. The molecule has 2 fully saturated rings. The highest BCUT2D eigenvalue weighted by molar-refractivity contribution is 9.10. The summed E-state index contributed by atoms with van der Waals surface area (Å²) in [6.45, 7) is 10.0. The van der Waals surface area contributed by atoms with Crippen LogP contribution in [-0.2, 0) is 4.74 Å². The Hall–Kier alpha value is -1.37. The standard InChI is InChI=1S/C21H32BrN3O3/c1-15-18(23-14-17(22)24-15)27-11-5-6-16-12-21(13-16)7-9-25(10-8-21)19(26)28-20(2,3)4/h14,16H,5-13H2,1-4H3. The number of carbonyl (C=O) groups is 1. The van der Waals surface area contributed by atoms with Crippen LogP contribution in [0.1, 0.15) is 65.0 Å². The van der Waals surface area contributed by atoms with Crippen LogP contribution >= 0.6 is 15.9 Å². The first kappa shape index (κ1) is 21.3. The third-order valence-electron chi connectivity index (χ3n) is 5.79. The molecule has 1 saturated heterocycles. The molecule has 7 heteroatoms. The third kappa shape index (κ3) is 5.58. The lowest BCUT2D eigenvalue weighted by Gasteiger charge is -2.52. The van der Waals surface area contributed by atoms with Gasteiger partial charge >= 0.3 is 6.09 Å². The van der Waals surface area contributed by atoms with Crippen LogP contribution in [0.2, 0.25) is 0 Å². The first-order valence-corrected chi connectivity index (χ1v) is 11.0. The van der Waals surface area contributed by atoms with Crippen LogP contribution in [0, 0.1) is 18.3 Å². The molecule has 1 aliphatic heterocycles. The maximum atomic E-state index is 12.2. The van der Waals surface area contributed by atoms with Gasteiger partial charge in [0.05, 0.1) is 12.8 Å². The van der Waals surface area contributed by atoms with Crippen LogP contribution in [0.15, 0.2) is 10.8 Å². The van der Waals surface area contributed by atoms with Gasteiger partial charge in [-0.05, 0) is 93.5 Å². The Labute approximate surface area is 176 Å². The largest absolute Gasteiger partial charge is 0.476 e. The number of carbonyl (C=O) groups excluding carboxylic acids is 1. The third-order valence-corrected chi connectivity index (χ3v) is 6.17. The van der Waals surface area contributed by atoms with E-state index in [2.05, 4.69) is 25.9 Å². The van der Waals surface area contributed by atoms with Crippen LogP contribution in [0.5, 0.6) is 5.88 Å². The highest BCUT2D eigenvalue weighted by Gasteiger charge is 2.46. The summed E-state index contributed by atoms with van der Waals surface area (Å²) in [5.74, 6) is 1.41. The monoisotopic (exact) mass is 453 g/mol. The molecule has 0 atom stereocenters. The van der Waals surface area contributed by atoms with Gasteiger partial charge in [-0.2, -0.15) is 0 Å². The average molecular weight is 454 g/mol. The highest BCUT2D eigenvalue weighted by Crippen LogP contribution is 2.54. The minimum Gasteiger partial charge on any atom is -0.476 e. The van der Waals surface area contributed by atoms with Crippen LogP contribution in [0.25, 0.3) is 0 Å². The number of aryl methyl sites for hydroxylation is 1. The molecule has 3 rings (SSSR count). The smallest absolute Gasteiger partial charge is 0.410 e. The highest BCUT2D eigenvalue weighted by atomic mass is 79.9. The minimum absolute atomic E-state index is 0.165. The Morgan fingerprint density at radius 1 is 1.32 bits per heavy atom. The van der Waals surface area contributed by atoms with Gasteiger partial charge in [-0.3, -0.25) is 0 Å². The number of piperidine rings is 1. The van der Waals surface area contributed by atoms with Crippen molar-refractivity contribution >= 4 is 22.0 Å². The molecular formula is C21H32BrN3O3. The molecule has 1 amide bonds. The average Bonchev–Trinajstić information content (AvgIpc) is 2.57. The molecule has 0 unspecified atom stereocenters. The zero-order valence-electron chi connectivity index (χ0n) is 17.5. The van der Waals surface area contributed by atoms with Gasteiger partial charge in [-0.1, -0.05) is 0 Å². The quantitative estimate of drug-likeness (QED) is 0.577. The molecule has 2 heterocycles. The van der Waals surface area contributed by atoms with Crippen LogP contribution < -0.4 is 4.74 Å². The molecule has 1 spiro atoms. The Bertz CT molecular complexity index is 689. The number of ether oxygens (including phenoxy) is 2. The maximum absolute atomic E-state index is 12.2. The molecule has 0 aromatic carbocycles. The molecule has 1 aliphatic carbocycles. The van der Waals surface area contributed by atoms with E-state index in [0.29, 0.717) is 17.9 Å². The fraction of sp³-hybridized carbons (Fsp3) is 0.762. The van der Waals surface area contributed by atoms with Crippen molar-refractivity contribution in [3.05, 3.63) is 16.5 Å². The molecule has 0 N–H and O–H groups in total. The fourth-order valence-electron chi connectivity index (χ4n) is 4.39. The normalized spacial score (nSPS) is 19.4. The Morgan fingerprint density at radius 3 is 2.61 bits per heavy atom. The van der Waals surface area contributed by atoms with Gasteiger partial charge in [0.25, 0.3) is 0 Å². The van der Waals surface area contributed by atoms with E-state index in [4.69, 9.17) is 9.47 Å². The van der Waals surface area contributed by atoms with Gasteiger partial charge < -0.3 is 14.4 Å². The number of likely N-dealkylation sites (tertiary alicyclic amines) is 1. The van der Waals surface area contributed by atoms with Crippen LogP contribution in [0.3, 0.4) is 0 Å². The second-order valence-electron chi connectivity index (χ2n) is 9.32. The molecule has 1 aromatic rings. The maximum Gasteiger partial charge on any atom is 0.410 e. The van der Waals surface area contributed by atoms with Crippen molar-refractivity contribution in [3.63, 3.8) is 0 Å². The second kappa shape index (κ2) is 8.56. The Balaban J connectivity index is 1.32. The number of aromatic nitrogens is 2. The van der Waals surface area contributed by atoms with Crippen molar-refractivity contribution in [3.8, 4) is 5.88 Å². The summed E-state index contributed by atoms with van der Waals surface area (Å²) in [4.78, 5) is 22.6. The van der Waals surface area contributed by atoms with Crippen molar-refractivity contribution < 1.29 is 14.3 Å². The topological polar surface area (TPSA) is 64.6 Å². The summed E-state index contributed by atoms with van der Waals surface area (Å²) in [6, 6.07) is 0. The van der Waals surface area contributed by atoms with E-state index in [1.54, 1.807) is 6.20 Å². The first-order chi connectivity index (χ1) is 13.2. The lowest BCUT2D eigenvalue weighted by atomic mass is 9.56. The molecule has 6 nitrogen and oxygen atoms in total. The molecule has 1 saturated carbocycles. The summed E-state index contributed by atoms with van der Waals surface area (Å²) in [5, 5.41) is 0. The summed E-state index contributed by atoms with van der Waals surface area (Å²) >= 11 is 3.32.